The summed E-state index contributed by atoms with van der Waals surface area (Å²) < 4.78 is 5.11. The number of H-pyrrole nitrogens is 1. The number of aromatic amines is 1. The largest absolute Gasteiger partial charge is 0.468 e. The second-order valence-corrected chi connectivity index (χ2v) is 6.23. The number of nitrogens with one attached hydrogen (secondary N) is 2. The smallest absolute Gasteiger partial charge is 0.317 e. The van der Waals surface area contributed by atoms with Gasteiger partial charge in [0.05, 0.1) is 7.11 Å². The van der Waals surface area contributed by atoms with Gasteiger partial charge in [-0.1, -0.05) is 32.0 Å². The number of esters is 1. The molecule has 0 aliphatic rings. The lowest BCUT2D eigenvalue weighted by Gasteiger charge is -2.31. The van der Waals surface area contributed by atoms with Crippen molar-refractivity contribution in [3.8, 4) is 0 Å². The Morgan fingerprint density at radius 2 is 2.05 bits per heavy atom. The Morgan fingerprint density at radius 3 is 2.64 bits per heavy atom. The van der Waals surface area contributed by atoms with Crippen molar-refractivity contribution in [3.63, 3.8) is 0 Å². The van der Waals surface area contributed by atoms with Crippen LogP contribution in [-0.4, -0.2) is 31.7 Å². The zero-order chi connectivity index (χ0) is 16.3. The highest BCUT2D eigenvalue weighted by atomic mass is 16.5. The maximum absolute atomic E-state index is 12.5. The first kappa shape index (κ1) is 16.6. The second kappa shape index (κ2) is 6.53. The number of carbonyl (C=O) groups excluding carboxylic acids is 1. The number of likely N-dealkylation sites (N-methyl/N-ethyl adjacent to an activating group) is 1. The number of benzene rings is 1. The van der Waals surface area contributed by atoms with Gasteiger partial charge in [-0.05, 0) is 44.5 Å². The summed E-state index contributed by atoms with van der Waals surface area (Å²) in [5.74, 6) is -0.0684. The van der Waals surface area contributed by atoms with E-state index in [2.05, 4.69) is 36.3 Å². The van der Waals surface area contributed by atoms with Crippen LogP contribution in [0.2, 0.25) is 0 Å². The molecule has 0 fully saturated rings. The molecule has 0 spiro atoms. The van der Waals surface area contributed by atoms with Gasteiger partial charge >= 0.3 is 5.97 Å². The Bertz CT molecular complexity index is 660. The molecule has 0 bridgehead atoms. The van der Waals surface area contributed by atoms with Crippen molar-refractivity contribution in [1.29, 1.82) is 0 Å². The molecule has 4 nitrogen and oxygen atoms in total. The van der Waals surface area contributed by atoms with Gasteiger partial charge in [-0.25, -0.2) is 0 Å². The summed E-state index contributed by atoms with van der Waals surface area (Å²) in [4.78, 5) is 16.0. The Balaban J connectivity index is 2.68. The van der Waals surface area contributed by atoms with Crippen molar-refractivity contribution < 1.29 is 9.53 Å². The van der Waals surface area contributed by atoms with Crippen LogP contribution in [0.3, 0.4) is 0 Å². The molecule has 0 saturated carbocycles. The zero-order valence-electron chi connectivity index (χ0n) is 14.1. The molecule has 4 heteroatoms. The van der Waals surface area contributed by atoms with Crippen LogP contribution in [0.15, 0.2) is 24.3 Å². The lowest BCUT2D eigenvalue weighted by atomic mass is 9.74. The average molecular weight is 302 g/mol. The predicted molar refractivity (Wildman–Crippen MR) is 90.1 cm³/mol. The summed E-state index contributed by atoms with van der Waals surface area (Å²) in [6.45, 7) is 6.95. The minimum absolute atomic E-state index is 0.126. The van der Waals surface area contributed by atoms with Crippen molar-refractivity contribution >= 4 is 16.9 Å². The number of methoxy groups -OCH3 is 1. The fraction of sp³-hybridized carbons (Fsp3) is 0.500. The molecule has 1 atom stereocenters. The monoisotopic (exact) mass is 302 g/mol. The highest BCUT2D eigenvalue weighted by molar-refractivity contribution is 5.90. The van der Waals surface area contributed by atoms with E-state index in [-0.39, 0.29) is 11.9 Å². The quantitative estimate of drug-likeness (QED) is 0.807. The molecule has 2 rings (SSSR count). The van der Waals surface area contributed by atoms with E-state index in [4.69, 9.17) is 4.74 Å². The van der Waals surface area contributed by atoms with Gasteiger partial charge in [0.1, 0.15) is 5.41 Å². The highest BCUT2D eigenvalue weighted by Crippen LogP contribution is 2.38. The van der Waals surface area contributed by atoms with E-state index in [1.54, 1.807) is 0 Å². The Hall–Kier alpha value is -1.81. The normalized spacial score (nSPS) is 14.3. The number of fused-ring (bicyclic) bond motifs is 1. The number of ether oxygens (including phenoxy) is 1. The number of para-hydroxylation sites is 1. The summed E-state index contributed by atoms with van der Waals surface area (Å²) in [7, 11) is 3.40. The van der Waals surface area contributed by atoms with Gasteiger partial charge < -0.3 is 15.0 Å². The molecule has 0 saturated heterocycles. The Labute approximate surface area is 132 Å². The third-order valence-electron chi connectivity index (χ3n) is 4.72. The van der Waals surface area contributed by atoms with Crippen LogP contribution in [-0.2, 0) is 21.4 Å². The second-order valence-electron chi connectivity index (χ2n) is 6.23. The van der Waals surface area contributed by atoms with Crippen LogP contribution >= 0.6 is 0 Å². The van der Waals surface area contributed by atoms with Crippen molar-refractivity contribution in [1.82, 2.24) is 10.3 Å². The SMILES string of the molecule is CNCCc1c(C(C)(C(=O)OC)C(C)C)[nH]c2ccccc12. The van der Waals surface area contributed by atoms with E-state index in [0.29, 0.717) is 0 Å². The van der Waals surface area contributed by atoms with Crippen molar-refractivity contribution in [2.75, 3.05) is 20.7 Å². The number of aromatic nitrogens is 1. The number of hydrogen-bond donors (Lipinski definition) is 2. The molecule has 1 unspecified atom stereocenters. The molecular weight excluding hydrogens is 276 g/mol. The molecule has 0 aliphatic heterocycles. The summed E-state index contributed by atoms with van der Waals surface area (Å²) in [6, 6.07) is 8.21. The van der Waals surface area contributed by atoms with E-state index >= 15 is 0 Å². The zero-order valence-corrected chi connectivity index (χ0v) is 14.1. The molecule has 2 N–H and O–H groups in total. The van der Waals surface area contributed by atoms with Crippen LogP contribution in [0.4, 0.5) is 0 Å². The molecule has 1 aromatic carbocycles. The van der Waals surface area contributed by atoms with Gasteiger partial charge in [0.15, 0.2) is 0 Å². The van der Waals surface area contributed by atoms with Crippen LogP contribution in [0.1, 0.15) is 32.0 Å². The first-order valence-corrected chi connectivity index (χ1v) is 7.79. The minimum atomic E-state index is -0.684. The molecule has 0 aliphatic carbocycles. The van der Waals surface area contributed by atoms with Gasteiger partial charge in [0.2, 0.25) is 0 Å². The fourth-order valence-electron chi connectivity index (χ4n) is 2.99. The third kappa shape index (κ3) is 2.63. The van der Waals surface area contributed by atoms with Crippen molar-refractivity contribution in [2.24, 2.45) is 5.92 Å². The van der Waals surface area contributed by atoms with E-state index in [0.717, 1.165) is 24.2 Å². The molecule has 1 heterocycles. The van der Waals surface area contributed by atoms with Crippen LogP contribution in [0.25, 0.3) is 10.9 Å². The van der Waals surface area contributed by atoms with Gasteiger partial charge in [-0.2, -0.15) is 0 Å². The van der Waals surface area contributed by atoms with Crippen LogP contribution in [0, 0.1) is 5.92 Å². The lowest BCUT2D eigenvalue weighted by molar-refractivity contribution is -0.148. The fourth-order valence-corrected chi connectivity index (χ4v) is 2.99. The molecule has 1 aromatic heterocycles. The molecule has 0 amide bonds. The van der Waals surface area contributed by atoms with Gasteiger partial charge in [-0.3, -0.25) is 4.79 Å². The van der Waals surface area contributed by atoms with Crippen molar-refractivity contribution in [2.45, 2.75) is 32.6 Å². The number of hydrogen-bond acceptors (Lipinski definition) is 3. The van der Waals surface area contributed by atoms with E-state index < -0.39 is 5.41 Å². The first-order chi connectivity index (χ1) is 10.5. The molecule has 120 valence electrons. The predicted octanol–water partition coefficient (Wildman–Crippen LogP) is 3.02. The van der Waals surface area contributed by atoms with Crippen molar-refractivity contribution in [3.05, 3.63) is 35.5 Å². The van der Waals surface area contributed by atoms with E-state index in [1.807, 2.05) is 26.1 Å². The Morgan fingerprint density at radius 1 is 1.36 bits per heavy atom. The maximum Gasteiger partial charge on any atom is 0.317 e. The van der Waals surface area contributed by atoms with E-state index in [9.17, 15) is 4.79 Å². The van der Waals surface area contributed by atoms with Gasteiger partial charge in [0.25, 0.3) is 0 Å². The number of carbonyl (C=O) groups is 1. The van der Waals surface area contributed by atoms with Crippen LogP contribution < -0.4 is 5.32 Å². The Kier molecular flexibility index (Phi) is 4.91. The average Bonchev–Trinajstić information content (AvgIpc) is 2.90. The summed E-state index contributed by atoms with van der Waals surface area (Å²) >= 11 is 0. The number of rotatable bonds is 6. The molecule has 22 heavy (non-hydrogen) atoms. The highest BCUT2D eigenvalue weighted by Gasteiger charge is 2.42. The topological polar surface area (TPSA) is 54.1 Å². The molecule has 2 aromatic rings. The standard InChI is InChI=1S/C18H26N2O2/c1-12(2)18(3,17(21)22-5)16-14(10-11-19-4)13-8-6-7-9-15(13)20-16/h6-9,12,19-20H,10-11H2,1-5H3. The van der Waals surface area contributed by atoms with Crippen LogP contribution in [0.5, 0.6) is 0 Å². The molecular formula is C18H26N2O2. The minimum Gasteiger partial charge on any atom is -0.468 e. The first-order valence-electron chi connectivity index (χ1n) is 7.79. The lowest BCUT2D eigenvalue weighted by Crippen LogP contribution is -2.40. The summed E-state index contributed by atoms with van der Waals surface area (Å²) in [6.07, 6.45) is 0.870. The third-order valence-corrected chi connectivity index (χ3v) is 4.72. The van der Waals surface area contributed by atoms with Gasteiger partial charge in [0, 0.05) is 16.6 Å². The maximum atomic E-state index is 12.5. The summed E-state index contributed by atoms with van der Waals surface area (Å²) in [5.41, 5.74) is 2.56. The molecule has 0 radical (unpaired) electrons. The summed E-state index contributed by atoms with van der Waals surface area (Å²) in [5, 5.41) is 4.38. The van der Waals surface area contributed by atoms with E-state index in [1.165, 1.54) is 18.1 Å². The van der Waals surface area contributed by atoms with Gasteiger partial charge in [-0.15, -0.1) is 0 Å².